The van der Waals surface area contributed by atoms with Crippen LogP contribution in [-0.2, 0) is 14.3 Å². The zero-order valence-electron chi connectivity index (χ0n) is 11.2. The van der Waals surface area contributed by atoms with Crippen molar-refractivity contribution in [2.75, 3.05) is 25.6 Å². The molecule has 2 N–H and O–H groups in total. The van der Waals surface area contributed by atoms with E-state index in [1.54, 1.807) is 31.4 Å². The molecule has 0 spiro atoms. The molecule has 0 atom stereocenters. The summed E-state index contributed by atoms with van der Waals surface area (Å²) in [5.74, 6) is -0.943. The number of carbonyl (C=O) groups is 2. The van der Waals surface area contributed by atoms with Crippen LogP contribution >= 0.6 is 0 Å². The maximum Gasteiger partial charge on any atom is 0.319 e. The van der Waals surface area contributed by atoms with E-state index in [9.17, 15) is 9.59 Å². The van der Waals surface area contributed by atoms with Gasteiger partial charge in [-0.3, -0.25) is 9.59 Å². The average molecular weight is 279 g/mol. The van der Waals surface area contributed by atoms with E-state index in [0.29, 0.717) is 37.5 Å². The van der Waals surface area contributed by atoms with E-state index in [0.717, 1.165) is 0 Å². The molecule has 0 aromatic heterocycles. The van der Waals surface area contributed by atoms with Gasteiger partial charge in [-0.05, 0) is 25.0 Å². The number of carboxylic acid groups (broad SMARTS) is 1. The van der Waals surface area contributed by atoms with E-state index in [1.165, 1.54) is 0 Å². The highest BCUT2D eigenvalue weighted by atomic mass is 16.5. The van der Waals surface area contributed by atoms with Gasteiger partial charge in [-0.15, -0.1) is 0 Å². The molecule has 0 heterocycles. The molecule has 0 bridgehead atoms. The largest absolute Gasteiger partial charge is 0.491 e. The number of carboxylic acids is 1. The fourth-order valence-corrected chi connectivity index (χ4v) is 1.82. The number of hydrogen-bond acceptors (Lipinski definition) is 4. The fraction of sp³-hybridized carbons (Fsp3) is 0.429. The molecule has 1 amide bonds. The van der Waals surface area contributed by atoms with Crippen LogP contribution in [0.25, 0.3) is 0 Å². The van der Waals surface area contributed by atoms with Crippen LogP contribution in [0, 0.1) is 5.41 Å². The first-order valence-corrected chi connectivity index (χ1v) is 6.35. The second-order valence-corrected chi connectivity index (χ2v) is 4.71. The van der Waals surface area contributed by atoms with Crippen molar-refractivity contribution in [3.63, 3.8) is 0 Å². The topological polar surface area (TPSA) is 84.9 Å². The number of rotatable bonds is 7. The number of nitrogens with one attached hydrogen (secondary N) is 1. The lowest BCUT2D eigenvalue weighted by atomic mass is 10.1. The molecule has 0 unspecified atom stereocenters. The van der Waals surface area contributed by atoms with E-state index < -0.39 is 17.3 Å². The Bertz CT molecular complexity index is 510. The predicted octanol–water partition coefficient (Wildman–Crippen LogP) is 1.52. The van der Waals surface area contributed by atoms with E-state index in [1.807, 2.05) is 0 Å². The summed E-state index contributed by atoms with van der Waals surface area (Å²) in [6, 6.07) is 6.85. The zero-order chi connectivity index (χ0) is 14.6. The van der Waals surface area contributed by atoms with Crippen LogP contribution in [0.5, 0.6) is 5.75 Å². The molecular formula is C14H17NO5. The fourth-order valence-electron chi connectivity index (χ4n) is 1.82. The van der Waals surface area contributed by atoms with Crippen LogP contribution < -0.4 is 10.1 Å². The molecule has 20 heavy (non-hydrogen) atoms. The molecule has 1 saturated carbocycles. The first-order valence-electron chi connectivity index (χ1n) is 6.35. The molecule has 6 nitrogen and oxygen atoms in total. The summed E-state index contributed by atoms with van der Waals surface area (Å²) in [4.78, 5) is 23.0. The maximum absolute atomic E-state index is 12.0. The van der Waals surface area contributed by atoms with E-state index in [4.69, 9.17) is 14.6 Å². The van der Waals surface area contributed by atoms with Gasteiger partial charge in [0.15, 0.2) is 0 Å². The number of aliphatic carboxylic acids is 1. The van der Waals surface area contributed by atoms with Crippen molar-refractivity contribution >= 4 is 17.6 Å². The van der Waals surface area contributed by atoms with E-state index >= 15 is 0 Å². The Balaban J connectivity index is 1.98. The Morgan fingerprint density at radius 1 is 1.35 bits per heavy atom. The molecule has 0 aliphatic heterocycles. The number of carbonyl (C=O) groups excluding carboxylic acids is 1. The normalized spacial score (nSPS) is 15.4. The van der Waals surface area contributed by atoms with Crippen LogP contribution in [0.2, 0.25) is 0 Å². The van der Waals surface area contributed by atoms with Crippen molar-refractivity contribution in [2.45, 2.75) is 12.8 Å². The summed E-state index contributed by atoms with van der Waals surface area (Å²) in [6.07, 6.45) is 0.774. The van der Waals surface area contributed by atoms with Crippen LogP contribution in [-0.4, -0.2) is 37.3 Å². The molecule has 2 rings (SSSR count). The summed E-state index contributed by atoms with van der Waals surface area (Å²) in [5.41, 5.74) is -0.718. The predicted molar refractivity (Wildman–Crippen MR) is 71.7 cm³/mol. The summed E-state index contributed by atoms with van der Waals surface area (Å²) >= 11 is 0. The molecule has 6 heteroatoms. The molecule has 1 aromatic carbocycles. The van der Waals surface area contributed by atoms with Gasteiger partial charge in [0.05, 0.1) is 6.61 Å². The summed E-state index contributed by atoms with van der Waals surface area (Å²) in [7, 11) is 1.58. The van der Waals surface area contributed by atoms with Gasteiger partial charge in [-0.2, -0.15) is 0 Å². The van der Waals surface area contributed by atoms with E-state index in [2.05, 4.69) is 5.32 Å². The third-order valence-electron chi connectivity index (χ3n) is 3.24. The van der Waals surface area contributed by atoms with Gasteiger partial charge in [-0.1, -0.05) is 6.07 Å². The molecule has 1 aliphatic rings. The van der Waals surface area contributed by atoms with Gasteiger partial charge in [0.25, 0.3) is 0 Å². The Kier molecular flexibility index (Phi) is 4.24. The first-order chi connectivity index (χ1) is 9.58. The summed E-state index contributed by atoms with van der Waals surface area (Å²) < 4.78 is 10.3. The highest BCUT2D eigenvalue weighted by Gasteiger charge is 2.57. The zero-order valence-corrected chi connectivity index (χ0v) is 11.2. The standard InChI is InChI=1S/C14H17NO5/c1-19-7-8-20-11-4-2-3-10(9-11)15-12(16)14(5-6-14)13(17)18/h2-4,9H,5-8H2,1H3,(H,15,16)(H,17,18). The molecular weight excluding hydrogens is 262 g/mol. The molecule has 1 aliphatic carbocycles. The minimum atomic E-state index is -1.24. The number of benzene rings is 1. The maximum atomic E-state index is 12.0. The van der Waals surface area contributed by atoms with Crippen molar-refractivity contribution in [3.05, 3.63) is 24.3 Å². The van der Waals surface area contributed by atoms with Crippen molar-refractivity contribution in [1.29, 1.82) is 0 Å². The quantitative estimate of drug-likeness (QED) is 0.584. The molecule has 1 fully saturated rings. The van der Waals surface area contributed by atoms with Gasteiger partial charge >= 0.3 is 5.97 Å². The van der Waals surface area contributed by atoms with Gasteiger partial charge in [0, 0.05) is 18.9 Å². The molecule has 108 valence electrons. The molecule has 1 aromatic rings. The minimum absolute atomic E-state index is 0.387. The van der Waals surface area contributed by atoms with Gasteiger partial charge in [-0.25, -0.2) is 0 Å². The van der Waals surface area contributed by atoms with Crippen LogP contribution in [0.1, 0.15) is 12.8 Å². The number of amides is 1. The minimum Gasteiger partial charge on any atom is -0.491 e. The van der Waals surface area contributed by atoms with Crippen molar-refractivity contribution in [3.8, 4) is 5.75 Å². The molecule has 0 radical (unpaired) electrons. The van der Waals surface area contributed by atoms with Crippen LogP contribution in [0.4, 0.5) is 5.69 Å². The average Bonchev–Trinajstić information content (AvgIpc) is 3.21. The summed E-state index contributed by atoms with van der Waals surface area (Å²) in [6.45, 7) is 0.881. The number of anilines is 1. The SMILES string of the molecule is COCCOc1cccc(NC(=O)C2(C(=O)O)CC2)c1. The Morgan fingerprint density at radius 2 is 2.10 bits per heavy atom. The first kappa shape index (κ1) is 14.3. The highest BCUT2D eigenvalue weighted by molar-refractivity contribution is 6.10. The van der Waals surface area contributed by atoms with Crippen molar-refractivity contribution in [2.24, 2.45) is 5.41 Å². The van der Waals surface area contributed by atoms with Gasteiger partial charge in [0.1, 0.15) is 17.8 Å². The third kappa shape index (κ3) is 3.08. The Labute approximate surface area is 116 Å². The van der Waals surface area contributed by atoms with Gasteiger partial charge in [0.2, 0.25) is 5.91 Å². The monoisotopic (exact) mass is 279 g/mol. The van der Waals surface area contributed by atoms with Crippen molar-refractivity contribution in [1.82, 2.24) is 0 Å². The third-order valence-corrected chi connectivity index (χ3v) is 3.24. The number of ether oxygens (including phenoxy) is 2. The lowest BCUT2D eigenvalue weighted by molar-refractivity contribution is -0.147. The van der Waals surface area contributed by atoms with Crippen LogP contribution in [0.3, 0.4) is 0 Å². The Hall–Kier alpha value is -2.08. The highest BCUT2D eigenvalue weighted by Crippen LogP contribution is 2.46. The second-order valence-electron chi connectivity index (χ2n) is 4.71. The van der Waals surface area contributed by atoms with Crippen molar-refractivity contribution < 1.29 is 24.2 Å². The smallest absolute Gasteiger partial charge is 0.319 e. The Morgan fingerprint density at radius 3 is 2.70 bits per heavy atom. The number of methoxy groups -OCH3 is 1. The summed E-state index contributed by atoms with van der Waals surface area (Å²) in [5, 5.41) is 11.7. The van der Waals surface area contributed by atoms with Crippen LogP contribution in [0.15, 0.2) is 24.3 Å². The second kappa shape index (κ2) is 5.92. The van der Waals surface area contributed by atoms with Gasteiger partial charge < -0.3 is 19.9 Å². The lowest BCUT2D eigenvalue weighted by Crippen LogP contribution is -2.31. The van der Waals surface area contributed by atoms with E-state index in [-0.39, 0.29) is 0 Å². The number of hydrogen-bond donors (Lipinski definition) is 2. The molecule has 0 saturated heterocycles. The lowest BCUT2D eigenvalue weighted by Gasteiger charge is -2.12.